The van der Waals surface area contributed by atoms with E-state index in [9.17, 15) is 20.4 Å². The minimum atomic E-state index is -1.25. The molecule has 2 unspecified atom stereocenters. The van der Waals surface area contributed by atoms with E-state index in [1.165, 1.54) is 0 Å². The second-order valence-electron chi connectivity index (χ2n) is 13.5. The first-order chi connectivity index (χ1) is 27.4. The van der Waals surface area contributed by atoms with Crippen molar-refractivity contribution in [2.24, 2.45) is 4.99 Å². The van der Waals surface area contributed by atoms with E-state index in [1.54, 1.807) is 24.8 Å². The van der Waals surface area contributed by atoms with Crippen molar-refractivity contribution in [1.82, 2.24) is 29.7 Å². The Morgan fingerprint density at radius 3 is 1.33 bits per heavy atom. The van der Waals surface area contributed by atoms with Gasteiger partial charge in [0.1, 0.15) is 0 Å². The zero-order valence-corrected chi connectivity index (χ0v) is 39.0. The SMILES string of the molecule is [O-]CC([O-])COCCCCOCC([O-])CN=C([O-])c1cc(CN(Cc2ccccn2)Cc2ccccn2)cc(CN(Cc2ccccn2)Cc2ccccn2)c1.[Zn+2].[Zn+2]. The molecule has 0 amide bonds. The normalized spacial score (nSPS) is 12.5. The molecule has 4 heterocycles. The summed E-state index contributed by atoms with van der Waals surface area (Å²) in [5, 5.41) is 48.0. The molecule has 1 aromatic carbocycles. The molecule has 4 aromatic heterocycles. The van der Waals surface area contributed by atoms with Crippen molar-refractivity contribution < 1.29 is 68.9 Å². The van der Waals surface area contributed by atoms with Crippen LogP contribution in [0.2, 0.25) is 0 Å². The van der Waals surface area contributed by atoms with Gasteiger partial charge in [-0.05, 0) is 96.1 Å². The first-order valence-electron chi connectivity index (χ1n) is 18.9. The molecule has 0 aliphatic carbocycles. The fourth-order valence-electron chi connectivity index (χ4n) is 6.02. The summed E-state index contributed by atoms with van der Waals surface area (Å²) >= 11 is 0. The molecule has 58 heavy (non-hydrogen) atoms. The summed E-state index contributed by atoms with van der Waals surface area (Å²) in [6.45, 7) is 2.82. The van der Waals surface area contributed by atoms with E-state index in [4.69, 9.17) is 9.47 Å². The van der Waals surface area contributed by atoms with E-state index in [0.717, 1.165) is 33.9 Å². The molecular formula is C43H49N7O6Zn2. The van der Waals surface area contributed by atoms with Gasteiger partial charge in [0, 0.05) is 97.0 Å². The summed E-state index contributed by atoms with van der Waals surface area (Å²) in [4.78, 5) is 26.9. The number of unbranched alkanes of at least 4 members (excludes halogenated alkanes) is 1. The monoisotopic (exact) mass is 887 g/mol. The summed E-state index contributed by atoms with van der Waals surface area (Å²) in [5.41, 5.74) is 5.86. The number of aromatic nitrogens is 4. The number of ether oxygens (including phenoxy) is 2. The smallest absolute Gasteiger partial charge is 0.858 e. The van der Waals surface area contributed by atoms with Crippen LogP contribution in [0.15, 0.2) is 121 Å². The van der Waals surface area contributed by atoms with Crippen LogP contribution in [0.4, 0.5) is 0 Å². The summed E-state index contributed by atoms with van der Waals surface area (Å²) in [5.74, 6) is -0.470. The first-order valence-corrected chi connectivity index (χ1v) is 18.9. The molecule has 15 heteroatoms. The second-order valence-corrected chi connectivity index (χ2v) is 13.5. The molecule has 0 N–H and O–H groups in total. The fraction of sp³-hybridized carbons (Fsp3) is 0.372. The Kier molecular flexibility index (Phi) is 23.4. The van der Waals surface area contributed by atoms with Crippen LogP contribution >= 0.6 is 0 Å². The van der Waals surface area contributed by atoms with E-state index in [1.807, 2.05) is 84.9 Å². The van der Waals surface area contributed by atoms with E-state index in [0.29, 0.717) is 70.9 Å². The van der Waals surface area contributed by atoms with Crippen LogP contribution in [-0.2, 0) is 87.7 Å². The maximum absolute atomic E-state index is 13.7. The van der Waals surface area contributed by atoms with E-state index in [2.05, 4.69) is 40.8 Å². The van der Waals surface area contributed by atoms with Gasteiger partial charge in [-0.25, -0.2) is 0 Å². The molecule has 0 aliphatic rings. The predicted molar refractivity (Wildman–Crippen MR) is 204 cm³/mol. The zero-order chi connectivity index (χ0) is 39.2. The molecular weight excluding hydrogens is 841 g/mol. The molecule has 0 bridgehead atoms. The van der Waals surface area contributed by atoms with Crippen molar-refractivity contribution >= 4 is 5.90 Å². The molecule has 0 radical (unpaired) electrons. The van der Waals surface area contributed by atoms with Crippen LogP contribution < -0.4 is 20.4 Å². The number of benzene rings is 1. The molecule has 5 aromatic rings. The third kappa shape index (κ3) is 18.5. The van der Waals surface area contributed by atoms with Gasteiger partial charge in [-0.1, -0.05) is 36.4 Å². The van der Waals surface area contributed by atoms with Crippen molar-refractivity contribution in [2.75, 3.05) is 39.6 Å². The summed E-state index contributed by atoms with van der Waals surface area (Å²) in [6.07, 6.45) is 5.92. The minimum Gasteiger partial charge on any atom is -0.858 e. The van der Waals surface area contributed by atoms with Crippen molar-refractivity contribution in [3.8, 4) is 0 Å². The molecule has 0 saturated carbocycles. The molecule has 5 rings (SSSR count). The van der Waals surface area contributed by atoms with Crippen LogP contribution in [-0.4, -0.2) is 87.4 Å². The molecule has 2 atom stereocenters. The number of pyridine rings is 4. The Balaban J connectivity index is 0.00000450. The summed E-state index contributed by atoms with van der Waals surface area (Å²) in [7, 11) is 0. The Bertz CT molecular complexity index is 1660. The van der Waals surface area contributed by atoms with Gasteiger partial charge in [-0.2, -0.15) is 6.61 Å². The number of rotatable bonds is 25. The van der Waals surface area contributed by atoms with Crippen LogP contribution in [0.3, 0.4) is 0 Å². The first kappa shape index (κ1) is 48.6. The van der Waals surface area contributed by atoms with Gasteiger partial charge in [0.05, 0.1) is 22.8 Å². The summed E-state index contributed by atoms with van der Waals surface area (Å²) < 4.78 is 10.7. The molecule has 0 aliphatic heterocycles. The van der Waals surface area contributed by atoms with Gasteiger partial charge in [-0.15, -0.1) is 6.10 Å². The van der Waals surface area contributed by atoms with E-state index in [-0.39, 0.29) is 58.7 Å². The quantitative estimate of drug-likeness (QED) is 0.0357. The van der Waals surface area contributed by atoms with Crippen LogP contribution in [0, 0.1) is 0 Å². The van der Waals surface area contributed by atoms with Crippen LogP contribution in [0.25, 0.3) is 0 Å². The van der Waals surface area contributed by atoms with E-state index >= 15 is 0 Å². The fourth-order valence-corrected chi connectivity index (χ4v) is 6.02. The van der Waals surface area contributed by atoms with Gasteiger partial charge in [0.2, 0.25) is 0 Å². The maximum atomic E-state index is 13.7. The van der Waals surface area contributed by atoms with Gasteiger partial charge in [0.25, 0.3) is 0 Å². The standard InChI is InChI=1S/C43H50N7O6.2Zn/c51-31-42(53)33-56-20-10-9-19-55-32-41(52)24-48-43(54)36-22-34(25-49(27-37-11-1-5-15-44-37)28-38-12-2-6-16-45-38)21-35(23-36)26-50(29-39-13-3-7-17-46-39)30-40-14-4-8-18-47-40;;/h1-8,11-18,21-23,41-42H,9-10,19-20,24-33H2,(H,48,54);;/q-3;2*+2/p-1. The van der Waals surface area contributed by atoms with E-state index < -0.39 is 24.7 Å². The number of hydrogen-bond acceptors (Lipinski definition) is 13. The third-order valence-corrected chi connectivity index (χ3v) is 8.62. The average molecular weight is 891 g/mol. The average Bonchev–Trinajstić information content (AvgIpc) is 3.22. The maximum Gasteiger partial charge on any atom is 2.00 e. The molecule has 296 valence electrons. The Hall–Kier alpha value is -3.74. The summed E-state index contributed by atoms with van der Waals surface area (Å²) in [6, 6.07) is 29.2. The number of hydrogen-bond donors (Lipinski definition) is 0. The molecule has 0 spiro atoms. The van der Waals surface area contributed by atoms with Crippen molar-refractivity contribution in [1.29, 1.82) is 0 Å². The number of aliphatic imine (C=N–C) groups is 1. The van der Waals surface area contributed by atoms with Crippen molar-refractivity contribution in [3.05, 3.63) is 155 Å². The van der Waals surface area contributed by atoms with Crippen molar-refractivity contribution in [2.45, 2.75) is 64.3 Å². The molecule has 0 fully saturated rings. The van der Waals surface area contributed by atoms with Gasteiger partial charge in [0.15, 0.2) is 0 Å². The molecule has 13 nitrogen and oxygen atoms in total. The predicted octanol–water partition coefficient (Wildman–Crippen LogP) is 1.40. The van der Waals surface area contributed by atoms with Gasteiger partial charge >= 0.3 is 39.0 Å². The topological polar surface area (TPSA) is 181 Å². The number of nitrogens with zero attached hydrogens (tertiary/aromatic N) is 7. The second kappa shape index (κ2) is 27.9. The minimum absolute atomic E-state index is 0. The Labute approximate surface area is 366 Å². The van der Waals surface area contributed by atoms with Gasteiger partial charge in [-0.3, -0.25) is 29.7 Å². The Morgan fingerprint density at radius 1 is 0.569 bits per heavy atom. The molecule has 0 saturated heterocycles. The Morgan fingerprint density at radius 2 is 0.966 bits per heavy atom. The third-order valence-electron chi connectivity index (χ3n) is 8.62. The zero-order valence-electron chi connectivity index (χ0n) is 33.0. The van der Waals surface area contributed by atoms with Crippen LogP contribution in [0.1, 0.15) is 52.3 Å². The van der Waals surface area contributed by atoms with Gasteiger partial charge < -0.3 is 34.9 Å². The van der Waals surface area contributed by atoms with Crippen molar-refractivity contribution in [3.63, 3.8) is 0 Å². The van der Waals surface area contributed by atoms with Crippen LogP contribution in [0.5, 0.6) is 0 Å². The largest absolute Gasteiger partial charge is 2.00 e.